The molecule has 0 bridgehead atoms. The molecule has 5 heteroatoms. The molecular weight excluding hydrogens is 228 g/mol. The second-order valence-corrected chi connectivity index (χ2v) is 3.47. The first-order chi connectivity index (χ1) is 8.14. The summed E-state index contributed by atoms with van der Waals surface area (Å²) >= 11 is 0. The molecular formula is C12H6F2NO2. The van der Waals surface area contributed by atoms with Crippen molar-refractivity contribution in [3.05, 3.63) is 42.6 Å². The van der Waals surface area contributed by atoms with Gasteiger partial charge < -0.3 is 9.47 Å². The monoisotopic (exact) mass is 234 g/mol. The quantitative estimate of drug-likeness (QED) is 0.760. The molecule has 3 nitrogen and oxygen atoms in total. The molecule has 1 aromatic carbocycles. The first kappa shape index (κ1) is 10.0. The summed E-state index contributed by atoms with van der Waals surface area (Å²) in [7, 11) is 0. The number of fused-ring (bicyclic) bond motifs is 1. The lowest BCUT2D eigenvalue weighted by Gasteiger charge is -2.04. The predicted molar refractivity (Wildman–Crippen MR) is 54.7 cm³/mol. The van der Waals surface area contributed by atoms with Gasteiger partial charge in [0.15, 0.2) is 11.5 Å². The van der Waals surface area contributed by atoms with Gasteiger partial charge in [0.05, 0.1) is 5.69 Å². The Balaban J connectivity index is 2.02. The van der Waals surface area contributed by atoms with Gasteiger partial charge in [0.25, 0.3) is 0 Å². The number of hydrogen-bond donors (Lipinski definition) is 0. The highest BCUT2D eigenvalue weighted by Crippen LogP contribution is 2.42. The summed E-state index contributed by atoms with van der Waals surface area (Å²) in [6.45, 7) is 0. The Hall–Kier alpha value is -2.17. The third-order valence-electron chi connectivity index (χ3n) is 2.30. The van der Waals surface area contributed by atoms with Crippen LogP contribution in [0.1, 0.15) is 0 Å². The van der Waals surface area contributed by atoms with E-state index in [1.807, 2.05) is 0 Å². The number of rotatable bonds is 1. The Kier molecular flexibility index (Phi) is 2.01. The molecule has 0 N–H and O–H groups in total. The number of ether oxygens (including phenoxy) is 2. The summed E-state index contributed by atoms with van der Waals surface area (Å²) in [6.07, 6.45) is -2.01. The summed E-state index contributed by atoms with van der Waals surface area (Å²) in [6, 6.07) is 10.7. The Morgan fingerprint density at radius 1 is 1.18 bits per heavy atom. The molecule has 1 aromatic heterocycles. The second kappa shape index (κ2) is 3.41. The average molecular weight is 234 g/mol. The van der Waals surface area contributed by atoms with Gasteiger partial charge in [0.1, 0.15) is 0 Å². The lowest BCUT2D eigenvalue weighted by atomic mass is 10.1. The normalized spacial score (nSPS) is 15.9. The van der Waals surface area contributed by atoms with E-state index in [1.54, 1.807) is 24.4 Å². The highest BCUT2D eigenvalue weighted by molar-refractivity contribution is 5.64. The third-order valence-corrected chi connectivity index (χ3v) is 2.30. The summed E-state index contributed by atoms with van der Waals surface area (Å²) in [5, 5.41) is 0. The average Bonchev–Trinajstić information content (AvgIpc) is 2.63. The third kappa shape index (κ3) is 1.80. The maximum atomic E-state index is 12.8. The first-order valence-corrected chi connectivity index (χ1v) is 4.86. The van der Waals surface area contributed by atoms with Gasteiger partial charge >= 0.3 is 6.29 Å². The molecule has 0 aliphatic carbocycles. The van der Waals surface area contributed by atoms with Crippen LogP contribution < -0.4 is 9.47 Å². The minimum Gasteiger partial charge on any atom is -0.395 e. The van der Waals surface area contributed by atoms with Crippen LogP contribution in [0.15, 0.2) is 36.5 Å². The highest BCUT2D eigenvalue weighted by Gasteiger charge is 2.43. The number of hydrogen-bond acceptors (Lipinski definition) is 3. The van der Waals surface area contributed by atoms with Crippen molar-refractivity contribution in [1.82, 2.24) is 4.98 Å². The lowest BCUT2D eigenvalue weighted by molar-refractivity contribution is -0.286. The van der Waals surface area contributed by atoms with E-state index < -0.39 is 6.29 Å². The fourth-order valence-electron chi connectivity index (χ4n) is 1.59. The van der Waals surface area contributed by atoms with Gasteiger partial charge in [-0.25, -0.2) is 0 Å². The molecule has 17 heavy (non-hydrogen) atoms. The molecule has 0 spiro atoms. The van der Waals surface area contributed by atoms with Crippen molar-refractivity contribution < 1.29 is 18.3 Å². The molecule has 2 heterocycles. The minimum atomic E-state index is -3.59. The minimum absolute atomic E-state index is 0.0122. The molecule has 85 valence electrons. The fraction of sp³-hybridized carbons (Fsp3) is 0.0833. The van der Waals surface area contributed by atoms with E-state index in [0.29, 0.717) is 11.3 Å². The maximum absolute atomic E-state index is 12.8. The Morgan fingerprint density at radius 2 is 2.00 bits per heavy atom. The second-order valence-electron chi connectivity index (χ2n) is 3.47. The van der Waals surface area contributed by atoms with Crippen molar-refractivity contribution in [2.24, 2.45) is 0 Å². The Labute approximate surface area is 95.6 Å². The number of nitrogens with zero attached hydrogens (tertiary/aromatic N) is 1. The van der Waals surface area contributed by atoms with E-state index in [1.165, 1.54) is 12.1 Å². The molecule has 0 fully saturated rings. The molecule has 1 aliphatic rings. The highest BCUT2D eigenvalue weighted by atomic mass is 19.3. The van der Waals surface area contributed by atoms with Gasteiger partial charge in [-0.15, -0.1) is 8.78 Å². The standard InChI is InChI=1S/C12H6F2NO2/c13-12(14)16-10-5-4-8(7-11(10)17-12)9-3-1-2-6-15-9/h2-7H. The maximum Gasteiger partial charge on any atom is 0.586 e. The zero-order valence-electron chi connectivity index (χ0n) is 8.48. The van der Waals surface area contributed by atoms with E-state index in [9.17, 15) is 8.78 Å². The number of alkyl halides is 2. The van der Waals surface area contributed by atoms with Crippen molar-refractivity contribution in [3.63, 3.8) is 0 Å². The van der Waals surface area contributed by atoms with Gasteiger partial charge in [0.2, 0.25) is 0 Å². The summed E-state index contributed by atoms with van der Waals surface area (Å²) < 4.78 is 34.3. The van der Waals surface area contributed by atoms with Crippen molar-refractivity contribution in [3.8, 4) is 22.8 Å². The van der Waals surface area contributed by atoms with Crippen LogP contribution in [0.4, 0.5) is 8.78 Å². The van der Waals surface area contributed by atoms with Crippen molar-refractivity contribution >= 4 is 0 Å². The van der Waals surface area contributed by atoms with Gasteiger partial charge in [-0.3, -0.25) is 4.98 Å². The van der Waals surface area contributed by atoms with Crippen molar-refractivity contribution in [1.29, 1.82) is 0 Å². The lowest BCUT2D eigenvalue weighted by Crippen LogP contribution is -2.25. The smallest absolute Gasteiger partial charge is 0.395 e. The fourth-order valence-corrected chi connectivity index (χ4v) is 1.59. The largest absolute Gasteiger partial charge is 0.586 e. The van der Waals surface area contributed by atoms with E-state index in [-0.39, 0.29) is 11.5 Å². The van der Waals surface area contributed by atoms with Crippen LogP contribution in [-0.2, 0) is 0 Å². The van der Waals surface area contributed by atoms with Crippen LogP contribution in [0.3, 0.4) is 0 Å². The zero-order valence-corrected chi connectivity index (χ0v) is 8.48. The van der Waals surface area contributed by atoms with E-state index in [4.69, 9.17) is 0 Å². The predicted octanol–water partition coefficient (Wildman–Crippen LogP) is 2.87. The van der Waals surface area contributed by atoms with Gasteiger partial charge in [-0.2, -0.15) is 0 Å². The van der Waals surface area contributed by atoms with Crippen LogP contribution in [0.25, 0.3) is 11.3 Å². The number of benzene rings is 1. The molecule has 0 amide bonds. The first-order valence-electron chi connectivity index (χ1n) is 4.86. The SMILES string of the molecule is FC1(F)Oc2ccc(-c3c[c]ccn3)cc2O1. The topological polar surface area (TPSA) is 31.4 Å². The Bertz CT molecular complexity index is 558. The van der Waals surface area contributed by atoms with Crippen molar-refractivity contribution in [2.75, 3.05) is 0 Å². The van der Waals surface area contributed by atoms with Crippen LogP contribution in [-0.4, -0.2) is 11.3 Å². The van der Waals surface area contributed by atoms with E-state index >= 15 is 0 Å². The van der Waals surface area contributed by atoms with Crippen LogP contribution >= 0.6 is 0 Å². The zero-order chi connectivity index (χ0) is 11.9. The van der Waals surface area contributed by atoms with Gasteiger partial charge in [-0.05, 0) is 36.4 Å². The summed E-state index contributed by atoms with van der Waals surface area (Å²) in [5.74, 6) is 0.0387. The molecule has 1 radical (unpaired) electrons. The molecule has 2 aromatic rings. The molecule has 1 aliphatic heterocycles. The molecule has 3 rings (SSSR count). The molecule has 0 saturated heterocycles. The Morgan fingerprint density at radius 3 is 2.76 bits per heavy atom. The molecule has 0 unspecified atom stereocenters. The molecule has 0 atom stereocenters. The van der Waals surface area contributed by atoms with Crippen LogP contribution in [0.2, 0.25) is 0 Å². The van der Waals surface area contributed by atoms with E-state index in [0.717, 1.165) is 0 Å². The number of aromatic nitrogens is 1. The summed E-state index contributed by atoms with van der Waals surface area (Å²) in [4.78, 5) is 4.10. The van der Waals surface area contributed by atoms with Gasteiger partial charge in [-0.1, -0.05) is 0 Å². The molecule has 0 saturated carbocycles. The van der Waals surface area contributed by atoms with Crippen LogP contribution in [0, 0.1) is 6.07 Å². The number of halogens is 2. The van der Waals surface area contributed by atoms with Gasteiger partial charge in [0, 0.05) is 11.8 Å². The summed E-state index contributed by atoms with van der Waals surface area (Å²) in [5.41, 5.74) is 1.30. The van der Waals surface area contributed by atoms with Crippen LogP contribution in [0.5, 0.6) is 11.5 Å². The van der Waals surface area contributed by atoms with E-state index in [2.05, 4.69) is 20.5 Å². The number of pyridine rings is 1. The van der Waals surface area contributed by atoms with Crippen molar-refractivity contribution in [2.45, 2.75) is 6.29 Å².